The van der Waals surface area contributed by atoms with E-state index in [-0.39, 0.29) is 0 Å². The van der Waals surface area contributed by atoms with Gasteiger partial charge in [-0.3, -0.25) is 0 Å². The highest BCUT2D eigenvalue weighted by molar-refractivity contribution is 6.30. The molecule has 15 heavy (non-hydrogen) atoms. The minimum absolute atomic E-state index is 0.348. The predicted octanol–water partition coefficient (Wildman–Crippen LogP) is 2.86. The van der Waals surface area contributed by atoms with Gasteiger partial charge in [0.25, 0.3) is 0 Å². The van der Waals surface area contributed by atoms with Crippen molar-refractivity contribution in [2.75, 3.05) is 13.1 Å². The van der Waals surface area contributed by atoms with Crippen LogP contribution in [0.3, 0.4) is 0 Å². The Morgan fingerprint density at radius 3 is 2.73 bits per heavy atom. The van der Waals surface area contributed by atoms with Gasteiger partial charge in [-0.25, -0.2) is 0 Å². The van der Waals surface area contributed by atoms with Crippen LogP contribution in [-0.4, -0.2) is 19.2 Å². The Kier molecular flexibility index (Phi) is 3.87. The number of ether oxygens (including phenoxy) is 1. The number of nitrogens with one attached hydrogen (secondary N) is 1. The van der Waals surface area contributed by atoms with E-state index in [1.165, 1.54) is 6.42 Å². The molecule has 3 heteroatoms. The lowest BCUT2D eigenvalue weighted by Gasteiger charge is -2.16. The van der Waals surface area contributed by atoms with Crippen molar-refractivity contribution in [3.05, 3.63) is 29.3 Å². The van der Waals surface area contributed by atoms with Gasteiger partial charge in [0.1, 0.15) is 5.75 Å². The second-order valence-electron chi connectivity index (χ2n) is 3.87. The van der Waals surface area contributed by atoms with Crippen LogP contribution >= 0.6 is 11.6 Å². The average molecular weight is 226 g/mol. The molecular weight excluding hydrogens is 210 g/mol. The molecule has 1 aliphatic heterocycles. The highest BCUT2D eigenvalue weighted by atomic mass is 35.5. The number of hydrogen-bond donors (Lipinski definition) is 1. The third-order valence-corrected chi connectivity index (χ3v) is 2.89. The summed E-state index contributed by atoms with van der Waals surface area (Å²) in [6, 6.07) is 7.60. The van der Waals surface area contributed by atoms with E-state index < -0.39 is 0 Å². The highest BCUT2D eigenvalue weighted by Gasteiger charge is 2.12. The van der Waals surface area contributed by atoms with E-state index in [9.17, 15) is 0 Å². The van der Waals surface area contributed by atoms with Crippen molar-refractivity contribution in [2.45, 2.75) is 25.4 Å². The summed E-state index contributed by atoms with van der Waals surface area (Å²) < 4.78 is 5.89. The van der Waals surface area contributed by atoms with Crippen molar-refractivity contribution in [1.82, 2.24) is 5.32 Å². The Balaban J connectivity index is 1.92. The maximum Gasteiger partial charge on any atom is 0.119 e. The maximum absolute atomic E-state index is 5.89. The summed E-state index contributed by atoms with van der Waals surface area (Å²) in [5, 5.41) is 4.13. The normalized spacial score (nSPS) is 22.1. The van der Waals surface area contributed by atoms with Crippen LogP contribution in [0.4, 0.5) is 0 Å². The Morgan fingerprint density at radius 2 is 1.93 bits per heavy atom. The van der Waals surface area contributed by atoms with Gasteiger partial charge < -0.3 is 10.1 Å². The molecule has 0 amide bonds. The molecule has 0 bridgehead atoms. The summed E-state index contributed by atoms with van der Waals surface area (Å²) in [6.07, 6.45) is 3.76. The number of benzene rings is 1. The largest absolute Gasteiger partial charge is 0.490 e. The molecule has 0 saturated carbocycles. The molecule has 1 aromatic carbocycles. The number of hydrogen-bond acceptors (Lipinski definition) is 2. The minimum Gasteiger partial charge on any atom is -0.490 e. The van der Waals surface area contributed by atoms with Crippen molar-refractivity contribution >= 4 is 11.6 Å². The molecule has 0 aliphatic carbocycles. The monoisotopic (exact) mass is 225 g/mol. The first-order valence-electron chi connectivity index (χ1n) is 5.47. The Bertz CT molecular complexity index is 291. The first-order chi connectivity index (χ1) is 7.34. The van der Waals surface area contributed by atoms with Gasteiger partial charge in [0.2, 0.25) is 0 Å². The number of halogens is 1. The molecule has 2 nitrogen and oxygen atoms in total. The summed E-state index contributed by atoms with van der Waals surface area (Å²) in [4.78, 5) is 0. The molecule has 1 fully saturated rings. The van der Waals surface area contributed by atoms with Gasteiger partial charge in [0, 0.05) is 5.02 Å². The SMILES string of the molecule is Clc1ccc(OC2CCCNCC2)cc1. The molecule has 0 radical (unpaired) electrons. The van der Waals surface area contributed by atoms with E-state index >= 15 is 0 Å². The van der Waals surface area contributed by atoms with Gasteiger partial charge in [-0.15, -0.1) is 0 Å². The summed E-state index contributed by atoms with van der Waals surface area (Å²) in [5.41, 5.74) is 0. The van der Waals surface area contributed by atoms with E-state index in [1.54, 1.807) is 0 Å². The van der Waals surface area contributed by atoms with Gasteiger partial charge >= 0.3 is 0 Å². The molecule has 1 aromatic rings. The predicted molar refractivity (Wildman–Crippen MR) is 62.6 cm³/mol. The zero-order valence-corrected chi connectivity index (χ0v) is 9.46. The van der Waals surface area contributed by atoms with Crippen molar-refractivity contribution in [3.63, 3.8) is 0 Å². The summed E-state index contributed by atoms with van der Waals surface area (Å²) >= 11 is 5.81. The summed E-state index contributed by atoms with van der Waals surface area (Å²) in [5.74, 6) is 0.923. The molecule has 2 rings (SSSR count). The quantitative estimate of drug-likeness (QED) is 0.836. The van der Waals surface area contributed by atoms with E-state index in [2.05, 4.69) is 5.32 Å². The molecule has 0 aromatic heterocycles. The number of rotatable bonds is 2. The average Bonchev–Trinajstić information content (AvgIpc) is 2.50. The second-order valence-corrected chi connectivity index (χ2v) is 4.31. The zero-order valence-electron chi connectivity index (χ0n) is 8.71. The third-order valence-electron chi connectivity index (χ3n) is 2.64. The summed E-state index contributed by atoms with van der Waals surface area (Å²) in [6.45, 7) is 2.17. The van der Waals surface area contributed by atoms with Crippen LogP contribution in [0.5, 0.6) is 5.75 Å². The van der Waals surface area contributed by atoms with Crippen LogP contribution in [-0.2, 0) is 0 Å². The smallest absolute Gasteiger partial charge is 0.119 e. The molecule has 1 atom stereocenters. The molecule has 1 saturated heterocycles. The van der Waals surface area contributed by atoms with Crippen LogP contribution in [0, 0.1) is 0 Å². The topological polar surface area (TPSA) is 21.3 Å². The van der Waals surface area contributed by atoms with Gasteiger partial charge in [-0.2, -0.15) is 0 Å². The van der Waals surface area contributed by atoms with Crippen molar-refractivity contribution in [3.8, 4) is 5.75 Å². The van der Waals surface area contributed by atoms with Crippen molar-refractivity contribution in [2.24, 2.45) is 0 Å². The molecule has 1 aliphatic rings. The van der Waals surface area contributed by atoms with Crippen LogP contribution in [0.2, 0.25) is 5.02 Å². The molecule has 1 N–H and O–H groups in total. The molecular formula is C12H16ClNO. The minimum atomic E-state index is 0.348. The maximum atomic E-state index is 5.89. The Morgan fingerprint density at radius 1 is 1.13 bits per heavy atom. The van der Waals surface area contributed by atoms with Gasteiger partial charge in [0.15, 0.2) is 0 Å². The van der Waals surface area contributed by atoms with E-state index in [0.717, 1.165) is 36.7 Å². The van der Waals surface area contributed by atoms with Crippen LogP contribution in [0.25, 0.3) is 0 Å². The van der Waals surface area contributed by atoms with Crippen LogP contribution in [0.15, 0.2) is 24.3 Å². The summed E-state index contributed by atoms with van der Waals surface area (Å²) in [7, 11) is 0. The second kappa shape index (κ2) is 5.38. The Labute approximate surface area is 95.6 Å². The van der Waals surface area contributed by atoms with Crippen LogP contribution in [0.1, 0.15) is 19.3 Å². The zero-order chi connectivity index (χ0) is 10.5. The molecule has 82 valence electrons. The first kappa shape index (κ1) is 10.8. The van der Waals surface area contributed by atoms with Gasteiger partial charge in [-0.1, -0.05) is 11.6 Å². The van der Waals surface area contributed by atoms with E-state index in [0.29, 0.717) is 6.10 Å². The fraction of sp³-hybridized carbons (Fsp3) is 0.500. The van der Waals surface area contributed by atoms with Gasteiger partial charge in [0.05, 0.1) is 6.10 Å². The lowest BCUT2D eigenvalue weighted by atomic mass is 10.1. The fourth-order valence-electron chi connectivity index (χ4n) is 1.81. The van der Waals surface area contributed by atoms with Crippen LogP contribution < -0.4 is 10.1 Å². The fourth-order valence-corrected chi connectivity index (χ4v) is 1.94. The molecule has 1 heterocycles. The van der Waals surface area contributed by atoms with Crippen molar-refractivity contribution < 1.29 is 4.74 Å². The van der Waals surface area contributed by atoms with Crippen molar-refractivity contribution in [1.29, 1.82) is 0 Å². The van der Waals surface area contributed by atoms with E-state index in [4.69, 9.17) is 16.3 Å². The lowest BCUT2D eigenvalue weighted by molar-refractivity contribution is 0.187. The molecule has 0 spiro atoms. The third kappa shape index (κ3) is 3.40. The van der Waals surface area contributed by atoms with E-state index in [1.807, 2.05) is 24.3 Å². The first-order valence-corrected chi connectivity index (χ1v) is 5.85. The lowest BCUT2D eigenvalue weighted by Crippen LogP contribution is -2.19. The Hall–Kier alpha value is -0.730. The standard InChI is InChI=1S/C12H16ClNO/c13-10-3-5-12(6-4-10)15-11-2-1-8-14-9-7-11/h3-6,11,14H,1-2,7-9H2. The molecule has 1 unspecified atom stereocenters. The van der Waals surface area contributed by atoms with Gasteiger partial charge in [-0.05, 0) is 56.6 Å². The highest BCUT2D eigenvalue weighted by Crippen LogP contribution is 2.19.